The summed E-state index contributed by atoms with van der Waals surface area (Å²) in [6, 6.07) is 9.16. The number of carboxylic acid groups (broad SMARTS) is 1. The van der Waals surface area contributed by atoms with Crippen molar-refractivity contribution in [3.8, 4) is 0 Å². The third-order valence-electron chi connectivity index (χ3n) is 3.60. The van der Waals surface area contributed by atoms with Crippen molar-refractivity contribution in [1.29, 1.82) is 0 Å². The summed E-state index contributed by atoms with van der Waals surface area (Å²) in [6.07, 6.45) is 1.05. The molecule has 0 aliphatic carbocycles. The molecule has 1 aromatic carbocycles. The number of amides is 1. The van der Waals surface area contributed by atoms with Crippen LogP contribution in [0.3, 0.4) is 0 Å². The van der Waals surface area contributed by atoms with Gasteiger partial charge in [-0.15, -0.1) is 0 Å². The van der Waals surface area contributed by atoms with Crippen LogP contribution in [0, 0.1) is 0 Å². The molecule has 0 atom stereocenters. The van der Waals surface area contributed by atoms with Gasteiger partial charge in [-0.1, -0.05) is 35.0 Å². The zero-order valence-corrected chi connectivity index (χ0v) is 15.4. The molecule has 0 aliphatic heterocycles. The predicted molar refractivity (Wildman–Crippen MR) is 94.4 cm³/mol. The van der Waals surface area contributed by atoms with Crippen molar-refractivity contribution in [1.82, 2.24) is 5.32 Å². The smallest absolute Gasteiger partial charge is 0.339 e. The number of halogens is 1. The summed E-state index contributed by atoms with van der Waals surface area (Å²) in [5.41, 5.74) is 0.616. The maximum atomic E-state index is 12.4. The number of carboxylic acids is 1. The van der Waals surface area contributed by atoms with Crippen molar-refractivity contribution in [3.05, 3.63) is 57.5 Å². The van der Waals surface area contributed by atoms with E-state index in [-0.39, 0.29) is 11.3 Å². The minimum Gasteiger partial charge on any atom is -0.478 e. The molecule has 1 amide bonds. The quantitative estimate of drug-likeness (QED) is 0.775. The van der Waals surface area contributed by atoms with Crippen molar-refractivity contribution in [3.63, 3.8) is 0 Å². The normalized spacial score (nSPS) is 11.3. The number of aromatic carboxylic acids is 1. The largest absolute Gasteiger partial charge is 0.478 e. The molecule has 0 spiro atoms. The van der Waals surface area contributed by atoms with Gasteiger partial charge in [-0.25, -0.2) is 4.79 Å². The van der Waals surface area contributed by atoms with E-state index in [1.165, 1.54) is 6.07 Å². The Bertz CT molecular complexity index is 747. The van der Waals surface area contributed by atoms with Gasteiger partial charge in [0.15, 0.2) is 5.76 Å². The average molecular weight is 394 g/mol. The van der Waals surface area contributed by atoms with Crippen LogP contribution in [-0.2, 0) is 12.8 Å². The lowest BCUT2D eigenvalue weighted by molar-refractivity contribution is 0.0694. The molecule has 24 heavy (non-hydrogen) atoms. The molecule has 0 radical (unpaired) electrons. The molecule has 1 aromatic heterocycles. The molecule has 0 saturated heterocycles. The van der Waals surface area contributed by atoms with E-state index < -0.39 is 17.4 Å². The zero-order chi connectivity index (χ0) is 17.9. The number of carbonyl (C=O) groups excluding carboxylic acids is 1. The Hall–Kier alpha value is -2.08. The second kappa shape index (κ2) is 7.21. The lowest BCUT2D eigenvalue weighted by Crippen LogP contribution is -2.45. The van der Waals surface area contributed by atoms with Gasteiger partial charge in [0.05, 0.1) is 0 Å². The van der Waals surface area contributed by atoms with Gasteiger partial charge in [0.25, 0.3) is 5.91 Å². The second-order valence-electron chi connectivity index (χ2n) is 6.25. The van der Waals surface area contributed by atoms with Crippen molar-refractivity contribution < 1.29 is 19.1 Å². The highest BCUT2D eigenvalue weighted by Gasteiger charge is 2.25. The highest BCUT2D eigenvalue weighted by molar-refractivity contribution is 9.10. The van der Waals surface area contributed by atoms with Gasteiger partial charge < -0.3 is 14.8 Å². The summed E-state index contributed by atoms with van der Waals surface area (Å²) in [5.74, 6) is -1.19. The number of hydrogen-bond acceptors (Lipinski definition) is 3. The lowest BCUT2D eigenvalue weighted by Gasteiger charge is -2.26. The third-order valence-corrected chi connectivity index (χ3v) is 4.12. The van der Waals surface area contributed by atoms with Gasteiger partial charge in [0, 0.05) is 22.5 Å². The standard InChI is InChI=1S/C18H20BrNO4/c1-4-14-13(17(22)23)9-15(24-14)16(21)20-18(2,3)10-11-5-7-12(19)8-6-11/h5-9H,4,10H2,1-3H3,(H,20,21)(H,22,23). The van der Waals surface area contributed by atoms with Crippen molar-refractivity contribution >= 4 is 27.8 Å². The molecule has 5 nitrogen and oxygen atoms in total. The first-order valence-electron chi connectivity index (χ1n) is 7.65. The number of hydrogen-bond donors (Lipinski definition) is 2. The fourth-order valence-corrected chi connectivity index (χ4v) is 2.77. The minimum absolute atomic E-state index is 0.0214. The Morgan fingerprint density at radius 2 is 1.88 bits per heavy atom. The number of rotatable bonds is 6. The van der Waals surface area contributed by atoms with Crippen LogP contribution in [0.5, 0.6) is 0 Å². The van der Waals surface area contributed by atoms with Crippen LogP contribution in [0.1, 0.15) is 53.0 Å². The molecule has 2 aromatic rings. The summed E-state index contributed by atoms with van der Waals surface area (Å²) in [5, 5.41) is 12.0. The SMILES string of the molecule is CCc1oc(C(=O)NC(C)(C)Cc2ccc(Br)cc2)cc1C(=O)O. The predicted octanol–water partition coefficient (Wildman–Crippen LogP) is 4.05. The first-order valence-corrected chi connectivity index (χ1v) is 8.44. The van der Waals surface area contributed by atoms with Gasteiger partial charge in [-0.05, 0) is 38.0 Å². The van der Waals surface area contributed by atoms with E-state index in [9.17, 15) is 9.59 Å². The van der Waals surface area contributed by atoms with Crippen LogP contribution in [0.25, 0.3) is 0 Å². The highest BCUT2D eigenvalue weighted by atomic mass is 79.9. The summed E-state index contributed by atoms with van der Waals surface area (Å²) in [7, 11) is 0. The van der Waals surface area contributed by atoms with Crippen LogP contribution in [0.4, 0.5) is 0 Å². The minimum atomic E-state index is -1.09. The molecule has 2 rings (SSSR count). The summed E-state index contributed by atoms with van der Waals surface area (Å²) in [6.45, 7) is 5.61. The number of benzene rings is 1. The molecule has 6 heteroatoms. The molecule has 2 N–H and O–H groups in total. The van der Waals surface area contributed by atoms with E-state index in [0.29, 0.717) is 18.6 Å². The van der Waals surface area contributed by atoms with E-state index in [2.05, 4.69) is 21.2 Å². The molecule has 0 bridgehead atoms. The zero-order valence-electron chi connectivity index (χ0n) is 13.9. The number of furan rings is 1. The summed E-state index contributed by atoms with van der Waals surface area (Å²) < 4.78 is 6.40. The third kappa shape index (κ3) is 4.47. The van der Waals surface area contributed by atoms with E-state index in [1.807, 2.05) is 38.1 Å². The fourth-order valence-electron chi connectivity index (χ4n) is 2.51. The lowest BCUT2D eigenvalue weighted by atomic mass is 9.95. The van der Waals surface area contributed by atoms with E-state index in [0.717, 1.165) is 10.0 Å². The maximum absolute atomic E-state index is 12.4. The van der Waals surface area contributed by atoms with E-state index in [4.69, 9.17) is 9.52 Å². The topological polar surface area (TPSA) is 79.5 Å². The van der Waals surface area contributed by atoms with Gasteiger partial charge >= 0.3 is 5.97 Å². The number of carbonyl (C=O) groups is 2. The van der Waals surface area contributed by atoms with Crippen molar-refractivity contribution in [2.24, 2.45) is 0 Å². The molecular weight excluding hydrogens is 374 g/mol. The van der Waals surface area contributed by atoms with Crippen LogP contribution in [0.15, 0.2) is 39.2 Å². The van der Waals surface area contributed by atoms with E-state index in [1.54, 1.807) is 6.92 Å². The first kappa shape index (κ1) is 18.3. The van der Waals surface area contributed by atoms with Crippen LogP contribution in [-0.4, -0.2) is 22.5 Å². The van der Waals surface area contributed by atoms with Crippen LogP contribution in [0.2, 0.25) is 0 Å². The van der Waals surface area contributed by atoms with Crippen LogP contribution < -0.4 is 5.32 Å². The molecule has 0 unspecified atom stereocenters. The monoisotopic (exact) mass is 393 g/mol. The Morgan fingerprint density at radius 1 is 1.25 bits per heavy atom. The van der Waals surface area contributed by atoms with Gasteiger partial charge in [-0.2, -0.15) is 0 Å². The molecule has 128 valence electrons. The highest BCUT2D eigenvalue weighted by Crippen LogP contribution is 2.19. The van der Waals surface area contributed by atoms with Gasteiger partial charge in [0.2, 0.25) is 0 Å². The van der Waals surface area contributed by atoms with Gasteiger partial charge in [0.1, 0.15) is 11.3 Å². The second-order valence-corrected chi connectivity index (χ2v) is 7.16. The fraction of sp³-hybridized carbons (Fsp3) is 0.333. The molecule has 0 aliphatic rings. The van der Waals surface area contributed by atoms with Gasteiger partial charge in [-0.3, -0.25) is 4.79 Å². The molecule has 0 fully saturated rings. The Balaban J connectivity index is 2.12. The van der Waals surface area contributed by atoms with Crippen molar-refractivity contribution in [2.45, 2.75) is 39.2 Å². The summed E-state index contributed by atoms with van der Waals surface area (Å²) in [4.78, 5) is 23.6. The maximum Gasteiger partial charge on any atom is 0.339 e. The number of aryl methyl sites for hydroxylation is 1. The Morgan fingerprint density at radius 3 is 2.38 bits per heavy atom. The van der Waals surface area contributed by atoms with Crippen LogP contribution >= 0.6 is 15.9 Å². The number of nitrogens with one attached hydrogen (secondary N) is 1. The Labute approximate surface area is 149 Å². The first-order chi connectivity index (χ1) is 11.2. The Kier molecular flexibility index (Phi) is 5.49. The van der Waals surface area contributed by atoms with E-state index >= 15 is 0 Å². The molecule has 1 heterocycles. The molecule has 0 saturated carbocycles. The summed E-state index contributed by atoms with van der Waals surface area (Å²) >= 11 is 3.39. The molecular formula is C18H20BrNO4. The average Bonchev–Trinajstić information content (AvgIpc) is 2.93. The van der Waals surface area contributed by atoms with Crippen molar-refractivity contribution in [2.75, 3.05) is 0 Å².